The summed E-state index contributed by atoms with van der Waals surface area (Å²) in [6.45, 7) is 0.500. The molecule has 318 valence electrons. The van der Waals surface area contributed by atoms with Crippen LogP contribution in [-0.2, 0) is 19.1 Å². The number of carbonyl (C=O) groups is 2. The number of ketones is 2. The molecule has 0 aromatic heterocycles. The molecule has 3 heterocycles. The number of nitrogens with one attached hydrogen (secondary N) is 1. The van der Waals surface area contributed by atoms with Gasteiger partial charge in [0.15, 0.2) is 12.1 Å². The lowest BCUT2D eigenvalue weighted by atomic mass is 9.50. The normalized spacial score (nSPS) is 48.7. The van der Waals surface area contributed by atoms with Gasteiger partial charge in [0.25, 0.3) is 0 Å². The summed E-state index contributed by atoms with van der Waals surface area (Å²) >= 11 is 0. The highest BCUT2D eigenvalue weighted by Gasteiger charge is 2.72. The predicted molar refractivity (Wildman–Crippen MR) is 214 cm³/mol. The van der Waals surface area contributed by atoms with E-state index in [4.69, 9.17) is 9.47 Å². The second-order valence-corrected chi connectivity index (χ2v) is 22.0. The molecule has 14 heteroatoms. The minimum absolute atomic E-state index is 0.0750. The van der Waals surface area contributed by atoms with Gasteiger partial charge in [-0.2, -0.15) is 0 Å². The summed E-state index contributed by atoms with van der Waals surface area (Å²) in [4.78, 5) is 30.3. The highest BCUT2D eigenvalue weighted by Crippen LogP contribution is 2.63. The molecular formula is C43H65N2O10S2+. The summed E-state index contributed by atoms with van der Waals surface area (Å²) in [7, 11) is 3.12. The third-order valence-corrected chi connectivity index (χ3v) is 19.2. The first kappa shape index (κ1) is 41.3. The van der Waals surface area contributed by atoms with Crippen LogP contribution < -0.4 is 10.6 Å². The van der Waals surface area contributed by atoms with Gasteiger partial charge < -0.3 is 45.4 Å². The first-order valence-corrected chi connectivity index (χ1v) is 24.6. The van der Waals surface area contributed by atoms with E-state index in [-0.39, 0.29) is 59.5 Å². The summed E-state index contributed by atoms with van der Waals surface area (Å²) in [5, 5.41) is 76.5. The number of aliphatic hydroxyl groups is 6. The van der Waals surface area contributed by atoms with Crippen molar-refractivity contribution in [3.63, 3.8) is 0 Å². The minimum atomic E-state index is -2.04. The Hall–Kier alpha value is -1.04. The zero-order valence-electron chi connectivity index (χ0n) is 33.1. The molecule has 7 unspecified atom stereocenters. The van der Waals surface area contributed by atoms with Crippen molar-refractivity contribution in [3.8, 4) is 0 Å². The average Bonchev–Trinajstić information content (AvgIpc) is 3.72. The molecule has 0 amide bonds. The third kappa shape index (κ3) is 6.59. The Kier molecular flexibility index (Phi) is 11.6. The van der Waals surface area contributed by atoms with Crippen LogP contribution in [0.15, 0.2) is 23.5 Å². The Balaban J connectivity index is 1.09. The van der Waals surface area contributed by atoms with Crippen molar-refractivity contribution in [2.45, 2.75) is 145 Å². The molecule has 0 radical (unpaired) electrons. The van der Waals surface area contributed by atoms with Crippen LogP contribution in [0, 0.1) is 52.3 Å². The lowest BCUT2D eigenvalue weighted by molar-refractivity contribution is -0.706. The van der Waals surface area contributed by atoms with E-state index in [1.807, 2.05) is 6.08 Å². The first-order valence-electron chi connectivity index (χ1n) is 22.1. The van der Waals surface area contributed by atoms with Crippen LogP contribution in [0.4, 0.5) is 0 Å². The molecule has 8 fully saturated rings. The van der Waals surface area contributed by atoms with Crippen molar-refractivity contribution < 1.29 is 55.0 Å². The Labute approximate surface area is 344 Å². The zero-order valence-corrected chi connectivity index (χ0v) is 34.8. The van der Waals surface area contributed by atoms with Gasteiger partial charge >= 0.3 is 0 Å². The first-order chi connectivity index (χ1) is 27.5. The van der Waals surface area contributed by atoms with E-state index in [0.717, 1.165) is 76.3 Å². The van der Waals surface area contributed by atoms with Crippen LogP contribution >= 0.6 is 21.6 Å². The van der Waals surface area contributed by atoms with Crippen molar-refractivity contribution in [2.24, 2.45) is 52.3 Å². The van der Waals surface area contributed by atoms with Gasteiger partial charge in [-0.05, 0) is 98.5 Å². The Morgan fingerprint density at radius 1 is 0.930 bits per heavy atom. The largest absolute Gasteiger partial charge is 0.511 e. The number of rotatable bonds is 4. The van der Waals surface area contributed by atoms with E-state index in [2.05, 4.69) is 10.6 Å². The van der Waals surface area contributed by atoms with Crippen molar-refractivity contribution >= 4 is 33.2 Å². The number of allylic oxidation sites excluding steroid dienone is 4. The smallest absolute Gasteiger partial charge is 0.187 e. The van der Waals surface area contributed by atoms with Gasteiger partial charge in [-0.15, -0.1) is 0 Å². The molecule has 0 aromatic rings. The number of piperidine rings is 1. The van der Waals surface area contributed by atoms with Crippen molar-refractivity contribution in [1.82, 2.24) is 5.32 Å². The molecule has 9 rings (SSSR count). The lowest BCUT2D eigenvalue weighted by Crippen LogP contribution is -2.95. The standard InChI is InChI=1S/C43H64N2O10S2/c46-20-25-6-3-5-24(15-25)16-26-17-29-35(49)28-7-4-8-30-34(28)36(50)42(29,32(48)18-26)22-56-57-23-45-33-19-27(10-14-44-33)40(11-1-2-12-40)31-9-13-41(21-47)39(52)43(31,53)37(51)38(54-30)55-41/h17-18,24-25,27-31,33-34,37-39,44-48,51-53H,1-16,19-23H2/p+1/t24?,25?,27?,28?,29-,30?,31-,33?,34?,37-,38+,39+,41-,42-,43+/m0/s1. The lowest BCUT2D eigenvalue weighted by Gasteiger charge is -2.64. The summed E-state index contributed by atoms with van der Waals surface area (Å²) in [5.41, 5.74) is -4.54. The Morgan fingerprint density at radius 3 is 2.51 bits per heavy atom. The van der Waals surface area contributed by atoms with Crippen molar-refractivity contribution in [3.05, 3.63) is 23.5 Å². The van der Waals surface area contributed by atoms with Gasteiger partial charge in [0.1, 0.15) is 46.5 Å². The SMILES string of the molecule is O=C1C2CCCC3O[C@@H]4O[C@]5(CO)CC[C@@H](C6(CCCC6)C6CC[NH2+]C(C6)NCSSC[C@@]6(C(=O)C32)C(O)=CC(CC2CCCC(CO)C2)=C[C@@H]16)[C@](O)([C@@H]5O)[C@H]4O. The molecule has 6 aliphatic carbocycles. The molecule has 12 nitrogen and oxygen atoms in total. The molecule has 3 aliphatic heterocycles. The minimum Gasteiger partial charge on any atom is -0.511 e. The topological polar surface area (TPSA) is 203 Å². The Bertz CT molecular complexity index is 1610. The number of hydrogen-bond acceptors (Lipinski definition) is 13. The van der Waals surface area contributed by atoms with E-state index in [1.165, 1.54) is 10.8 Å². The monoisotopic (exact) mass is 833 g/mol. The molecule has 57 heavy (non-hydrogen) atoms. The maximum atomic E-state index is 15.4. The van der Waals surface area contributed by atoms with Gasteiger partial charge in [0.2, 0.25) is 0 Å². The van der Waals surface area contributed by atoms with E-state index >= 15 is 4.79 Å². The van der Waals surface area contributed by atoms with E-state index in [9.17, 15) is 35.4 Å². The summed E-state index contributed by atoms with van der Waals surface area (Å²) in [6.07, 6.45) is 10.9. The Morgan fingerprint density at radius 2 is 1.72 bits per heavy atom. The fourth-order valence-electron chi connectivity index (χ4n) is 14.1. The molecular weight excluding hydrogens is 769 g/mol. The third-order valence-electron chi connectivity index (χ3n) is 16.9. The number of ether oxygens (including phenoxy) is 2. The van der Waals surface area contributed by atoms with Gasteiger partial charge in [-0.1, -0.05) is 59.8 Å². The second kappa shape index (κ2) is 16.0. The number of carbonyl (C=O) groups excluding carboxylic acids is 2. The van der Waals surface area contributed by atoms with Gasteiger partial charge in [-0.25, -0.2) is 0 Å². The van der Waals surface area contributed by atoms with Crippen LogP contribution in [0.5, 0.6) is 0 Å². The number of Topliss-reactive ketones (excluding diaryl/α,β-unsaturated/α-hetero) is 2. The van der Waals surface area contributed by atoms with E-state index in [0.29, 0.717) is 43.9 Å². The molecule has 9 N–H and O–H groups in total. The zero-order chi connectivity index (χ0) is 39.7. The van der Waals surface area contributed by atoms with Gasteiger partial charge in [0, 0.05) is 31.1 Å². The number of fused-ring (bicyclic) bond motifs is 6. The maximum Gasteiger partial charge on any atom is 0.187 e. The highest BCUT2D eigenvalue weighted by molar-refractivity contribution is 8.76. The summed E-state index contributed by atoms with van der Waals surface area (Å²) in [6, 6.07) is 0. The van der Waals surface area contributed by atoms with Crippen LogP contribution in [0.3, 0.4) is 0 Å². The highest BCUT2D eigenvalue weighted by atomic mass is 33.1. The maximum absolute atomic E-state index is 15.4. The quantitative estimate of drug-likeness (QED) is 0.193. The molecule has 7 bridgehead atoms. The molecule has 15 atom stereocenters. The fourth-order valence-corrected chi connectivity index (χ4v) is 16.5. The molecule has 9 aliphatic rings. The van der Waals surface area contributed by atoms with Crippen LogP contribution in [-0.4, -0.2) is 116 Å². The average molecular weight is 834 g/mol. The molecule has 5 saturated carbocycles. The van der Waals surface area contributed by atoms with Crippen LogP contribution in [0.2, 0.25) is 0 Å². The summed E-state index contributed by atoms with van der Waals surface area (Å²) in [5.74, 6) is -1.59. The number of aliphatic hydroxyl groups excluding tert-OH is 5. The fraction of sp³-hybridized carbons (Fsp3) is 0.860. The van der Waals surface area contributed by atoms with E-state index in [1.54, 1.807) is 16.9 Å². The van der Waals surface area contributed by atoms with E-state index < -0.39 is 71.5 Å². The predicted octanol–water partition coefficient (Wildman–Crippen LogP) is 2.87. The van der Waals surface area contributed by atoms with Crippen molar-refractivity contribution in [2.75, 3.05) is 31.4 Å². The van der Waals surface area contributed by atoms with Crippen LogP contribution in [0.25, 0.3) is 0 Å². The molecule has 2 spiro atoms. The van der Waals surface area contributed by atoms with Gasteiger partial charge in [-0.3, -0.25) is 14.9 Å². The number of nitrogens with two attached hydrogens (primary N) is 1. The molecule has 3 saturated heterocycles. The van der Waals surface area contributed by atoms with Gasteiger partial charge in [0.05, 0.1) is 37.0 Å². The van der Waals surface area contributed by atoms with Crippen LogP contribution in [0.1, 0.15) is 103 Å². The number of quaternary nitrogens is 1. The number of hydrogen-bond donors (Lipinski definition) is 8. The summed E-state index contributed by atoms with van der Waals surface area (Å²) < 4.78 is 13.2. The van der Waals surface area contributed by atoms with Crippen molar-refractivity contribution in [1.29, 1.82) is 0 Å². The second-order valence-electron chi connectivity index (χ2n) is 19.6. The molecule has 0 aromatic carbocycles.